The first-order chi connectivity index (χ1) is 20.5. The number of rotatable bonds is 5. The van der Waals surface area contributed by atoms with Crippen LogP contribution in [0.5, 0.6) is 5.75 Å². The molecule has 216 valence electrons. The Morgan fingerprint density at radius 1 is 0.905 bits per heavy atom. The maximum absolute atomic E-state index is 13.8. The lowest BCUT2D eigenvalue weighted by Crippen LogP contribution is -2.42. The molecule has 3 aromatic rings. The molecule has 2 saturated heterocycles. The second-order valence-corrected chi connectivity index (χ2v) is 14.3. The Morgan fingerprint density at radius 3 is 2.36 bits per heavy atom. The summed E-state index contributed by atoms with van der Waals surface area (Å²) < 4.78 is 5.87. The second-order valence-electron chi connectivity index (χ2n) is 12.1. The third-order valence-corrected chi connectivity index (χ3v) is 12.6. The molecule has 7 atom stereocenters. The fourth-order valence-corrected chi connectivity index (χ4v) is 11.3. The molecule has 8 nitrogen and oxygen atoms in total. The normalized spacial score (nSPS) is 31.2. The SMILES string of the molecule is O=C(COc1ccc([C@H]2c3sc(=O)[nH]c3SC3C2[C@H]2C[C@@H]3C3C(=O)N(c4ccccc4)C(=O)C32)cc1)N1CCCCC1. The van der Waals surface area contributed by atoms with E-state index in [1.54, 1.807) is 11.8 Å². The van der Waals surface area contributed by atoms with Gasteiger partial charge < -0.3 is 14.6 Å². The number of carbonyl (C=O) groups is 3. The predicted octanol–water partition coefficient (Wildman–Crippen LogP) is 4.51. The van der Waals surface area contributed by atoms with E-state index in [1.165, 1.54) is 22.7 Å². The highest BCUT2D eigenvalue weighted by Gasteiger charge is 2.69. The molecule has 3 amide bonds. The minimum atomic E-state index is -0.326. The Kier molecular flexibility index (Phi) is 6.33. The first kappa shape index (κ1) is 26.3. The third kappa shape index (κ3) is 4.01. The van der Waals surface area contributed by atoms with E-state index in [0.717, 1.165) is 47.8 Å². The van der Waals surface area contributed by atoms with Gasteiger partial charge in [-0.2, -0.15) is 0 Å². The molecule has 5 aliphatic rings. The van der Waals surface area contributed by atoms with Gasteiger partial charge in [0.2, 0.25) is 11.8 Å². The van der Waals surface area contributed by atoms with Gasteiger partial charge in [0, 0.05) is 29.1 Å². The number of aromatic amines is 1. The number of thioether (sulfide) groups is 1. The highest BCUT2D eigenvalue weighted by molar-refractivity contribution is 8.00. The quantitative estimate of drug-likeness (QED) is 0.433. The van der Waals surface area contributed by atoms with Crippen LogP contribution >= 0.6 is 23.1 Å². The fourth-order valence-electron chi connectivity index (χ4n) is 8.37. The van der Waals surface area contributed by atoms with Crippen molar-refractivity contribution in [3.05, 3.63) is 74.7 Å². The number of imide groups is 1. The molecule has 0 radical (unpaired) electrons. The maximum atomic E-state index is 13.8. The molecule has 4 fully saturated rings. The molecule has 42 heavy (non-hydrogen) atoms. The number of aromatic nitrogens is 1. The van der Waals surface area contributed by atoms with E-state index in [1.807, 2.05) is 59.5 Å². The van der Waals surface area contributed by atoms with Gasteiger partial charge in [0.1, 0.15) is 5.75 Å². The van der Waals surface area contributed by atoms with Crippen LogP contribution in [0, 0.1) is 29.6 Å². The Morgan fingerprint density at radius 2 is 1.62 bits per heavy atom. The second kappa shape index (κ2) is 10.1. The minimum absolute atomic E-state index is 0.0181. The molecule has 1 aromatic heterocycles. The summed E-state index contributed by atoms with van der Waals surface area (Å²) in [5.74, 6) is 0.0964. The fraction of sp³-hybridized carbons (Fsp3) is 0.438. The summed E-state index contributed by atoms with van der Waals surface area (Å²) in [5, 5.41) is 1.04. The number of amides is 3. The summed E-state index contributed by atoms with van der Waals surface area (Å²) >= 11 is 2.95. The van der Waals surface area contributed by atoms with Gasteiger partial charge in [0.15, 0.2) is 6.61 Å². The zero-order valence-electron chi connectivity index (χ0n) is 22.9. The number of benzene rings is 2. The van der Waals surface area contributed by atoms with Crippen molar-refractivity contribution >= 4 is 46.5 Å². The van der Waals surface area contributed by atoms with Crippen molar-refractivity contribution in [2.45, 2.75) is 41.9 Å². The average molecular weight is 602 g/mol. The van der Waals surface area contributed by atoms with E-state index in [4.69, 9.17) is 4.74 Å². The summed E-state index contributed by atoms with van der Waals surface area (Å²) in [5.41, 5.74) is 1.71. The number of carbonyl (C=O) groups excluding carboxylic acids is 3. The topological polar surface area (TPSA) is 99.8 Å². The monoisotopic (exact) mass is 601 g/mol. The summed E-state index contributed by atoms with van der Waals surface area (Å²) in [6, 6.07) is 17.1. The number of thiazole rings is 1. The molecule has 3 aliphatic heterocycles. The van der Waals surface area contributed by atoms with Crippen molar-refractivity contribution in [2.24, 2.45) is 29.6 Å². The highest BCUT2D eigenvalue weighted by Crippen LogP contribution is 2.68. The molecule has 8 rings (SSSR count). The number of anilines is 1. The smallest absolute Gasteiger partial charge is 0.305 e. The maximum Gasteiger partial charge on any atom is 0.305 e. The highest BCUT2D eigenvalue weighted by atomic mass is 32.2. The van der Waals surface area contributed by atoms with Gasteiger partial charge in [-0.1, -0.05) is 41.7 Å². The van der Waals surface area contributed by atoms with E-state index in [-0.39, 0.29) is 70.0 Å². The van der Waals surface area contributed by atoms with Crippen LogP contribution in [0.15, 0.2) is 64.4 Å². The summed E-state index contributed by atoms with van der Waals surface area (Å²) in [6.45, 7) is 1.62. The number of nitrogens with one attached hydrogen (secondary N) is 1. The molecular weight excluding hydrogens is 571 g/mol. The van der Waals surface area contributed by atoms with E-state index in [2.05, 4.69) is 4.98 Å². The van der Waals surface area contributed by atoms with Crippen molar-refractivity contribution in [2.75, 3.05) is 24.6 Å². The number of fused-ring (bicyclic) bond motifs is 9. The van der Waals surface area contributed by atoms with Crippen LogP contribution in [0.2, 0.25) is 0 Å². The van der Waals surface area contributed by atoms with Crippen LogP contribution in [0.25, 0.3) is 0 Å². The van der Waals surface area contributed by atoms with Crippen LogP contribution in [0.3, 0.4) is 0 Å². The van der Waals surface area contributed by atoms with Gasteiger partial charge in [-0.15, -0.1) is 11.8 Å². The van der Waals surface area contributed by atoms with Crippen LogP contribution in [0.1, 0.15) is 42.0 Å². The lowest BCUT2D eigenvalue weighted by molar-refractivity contribution is -0.134. The van der Waals surface area contributed by atoms with E-state index >= 15 is 0 Å². The Bertz CT molecular complexity index is 1610. The molecule has 2 aliphatic carbocycles. The van der Waals surface area contributed by atoms with E-state index in [0.29, 0.717) is 11.4 Å². The zero-order valence-corrected chi connectivity index (χ0v) is 24.6. The van der Waals surface area contributed by atoms with Crippen LogP contribution in [0.4, 0.5) is 5.69 Å². The molecular formula is C32H31N3O5S2. The van der Waals surface area contributed by atoms with Gasteiger partial charge >= 0.3 is 4.87 Å². The van der Waals surface area contributed by atoms with Crippen molar-refractivity contribution in [3.63, 3.8) is 0 Å². The third-order valence-electron chi connectivity index (χ3n) is 10.0. The van der Waals surface area contributed by atoms with Gasteiger partial charge in [-0.25, -0.2) is 0 Å². The molecule has 4 heterocycles. The number of para-hydroxylation sites is 1. The van der Waals surface area contributed by atoms with E-state index in [9.17, 15) is 19.2 Å². The Hall–Kier alpha value is -3.37. The lowest BCUT2D eigenvalue weighted by atomic mass is 9.68. The average Bonchev–Trinajstić information content (AvgIpc) is 3.76. The summed E-state index contributed by atoms with van der Waals surface area (Å²) in [6.07, 6.45) is 4.11. The van der Waals surface area contributed by atoms with E-state index < -0.39 is 0 Å². The van der Waals surface area contributed by atoms with Crippen molar-refractivity contribution in [3.8, 4) is 5.75 Å². The molecule has 2 saturated carbocycles. The first-order valence-corrected chi connectivity index (χ1v) is 16.5. The number of ether oxygens (including phenoxy) is 1. The number of hydrogen-bond donors (Lipinski definition) is 1. The first-order valence-electron chi connectivity index (χ1n) is 14.8. The molecule has 10 heteroatoms. The molecule has 2 aromatic carbocycles. The largest absolute Gasteiger partial charge is 0.484 e. The van der Waals surface area contributed by atoms with Gasteiger partial charge in [0.05, 0.1) is 22.5 Å². The number of likely N-dealkylation sites (tertiary alicyclic amines) is 1. The standard InChI is InChI=1S/C32H31N3O5S2/c36-22(34-13-5-2-6-14-34)16-40-19-11-9-17(10-12-19)23-24-20-15-21(27(24)41-29-28(23)42-32(39)33-29)26-25(20)30(37)35(31(26)38)18-7-3-1-4-8-18/h1,3-4,7-12,20-21,23-27H,2,5-6,13-16H2,(H,33,39)/t20-,21-,23-,24?,25?,26?,27?/m1/s1. The molecule has 0 spiro atoms. The minimum Gasteiger partial charge on any atom is -0.484 e. The number of H-pyrrole nitrogens is 1. The number of nitrogens with zero attached hydrogens (tertiary/aromatic N) is 2. The number of piperidine rings is 1. The lowest BCUT2D eigenvalue weighted by Gasteiger charge is -2.43. The van der Waals surface area contributed by atoms with Crippen molar-refractivity contribution in [1.29, 1.82) is 0 Å². The predicted molar refractivity (Wildman–Crippen MR) is 160 cm³/mol. The molecule has 1 N–H and O–H groups in total. The van der Waals surface area contributed by atoms with Crippen LogP contribution in [-0.4, -0.2) is 52.6 Å². The Labute approximate surface area is 251 Å². The Balaban J connectivity index is 1.08. The van der Waals surface area contributed by atoms with Gasteiger partial charge in [0.25, 0.3) is 5.91 Å². The van der Waals surface area contributed by atoms with Crippen LogP contribution < -0.4 is 14.5 Å². The zero-order chi connectivity index (χ0) is 28.5. The van der Waals surface area contributed by atoms with Crippen molar-refractivity contribution in [1.82, 2.24) is 9.88 Å². The molecule has 4 unspecified atom stereocenters. The summed E-state index contributed by atoms with van der Waals surface area (Å²) in [7, 11) is 0. The summed E-state index contributed by atoms with van der Waals surface area (Å²) in [4.78, 5) is 60.0. The van der Waals surface area contributed by atoms with Crippen molar-refractivity contribution < 1.29 is 19.1 Å². The van der Waals surface area contributed by atoms with Gasteiger partial charge in [-0.05, 0) is 73.3 Å². The van der Waals surface area contributed by atoms with Crippen LogP contribution in [-0.2, 0) is 14.4 Å². The van der Waals surface area contributed by atoms with Gasteiger partial charge in [-0.3, -0.25) is 24.1 Å². The molecule has 2 bridgehead atoms. The number of hydrogen-bond acceptors (Lipinski definition) is 7.